The van der Waals surface area contributed by atoms with E-state index >= 15 is 0 Å². The van der Waals surface area contributed by atoms with E-state index < -0.39 is 0 Å². The van der Waals surface area contributed by atoms with Crippen LogP contribution in [0.25, 0.3) is 10.8 Å². The van der Waals surface area contributed by atoms with Crippen molar-refractivity contribution in [2.75, 3.05) is 0 Å². The summed E-state index contributed by atoms with van der Waals surface area (Å²) in [6, 6.07) is 9.09. The second-order valence-electron chi connectivity index (χ2n) is 4.32. The van der Waals surface area contributed by atoms with Crippen LogP contribution in [0.3, 0.4) is 0 Å². The van der Waals surface area contributed by atoms with Crippen LogP contribution in [0.5, 0.6) is 0 Å². The number of hydrogen-bond acceptors (Lipinski definition) is 0. The summed E-state index contributed by atoms with van der Waals surface area (Å²) >= 11 is 0. The van der Waals surface area contributed by atoms with Crippen LogP contribution in [0.15, 0.2) is 24.3 Å². The summed E-state index contributed by atoms with van der Waals surface area (Å²) in [5.41, 5.74) is 5.98. The van der Waals surface area contributed by atoms with Crippen molar-refractivity contribution in [2.45, 2.75) is 26.7 Å². The van der Waals surface area contributed by atoms with E-state index in [1.807, 2.05) is 0 Å². The van der Waals surface area contributed by atoms with E-state index in [1.54, 1.807) is 11.1 Å². The highest BCUT2D eigenvalue weighted by molar-refractivity contribution is 5.93. The lowest BCUT2D eigenvalue weighted by Gasteiger charge is -2.08. The van der Waals surface area contributed by atoms with Crippen LogP contribution in [0.4, 0.5) is 0 Å². The molecule has 0 nitrogen and oxygen atoms in total. The average molecular weight is 182 g/mol. The molecule has 0 N–H and O–H groups in total. The van der Waals surface area contributed by atoms with Gasteiger partial charge in [-0.1, -0.05) is 24.3 Å². The van der Waals surface area contributed by atoms with Gasteiger partial charge in [0.15, 0.2) is 0 Å². The molecule has 1 aliphatic carbocycles. The first-order chi connectivity index (χ1) is 6.77. The highest BCUT2D eigenvalue weighted by Gasteiger charge is 2.15. The van der Waals surface area contributed by atoms with Gasteiger partial charge in [-0.3, -0.25) is 0 Å². The van der Waals surface area contributed by atoms with Crippen molar-refractivity contribution >= 4 is 10.8 Å². The van der Waals surface area contributed by atoms with Crippen LogP contribution in [-0.2, 0) is 12.8 Å². The first-order valence-corrected chi connectivity index (χ1v) is 5.28. The Morgan fingerprint density at radius 1 is 1.00 bits per heavy atom. The molecule has 0 saturated carbocycles. The molecule has 3 rings (SSSR count). The van der Waals surface area contributed by atoms with E-state index in [0.29, 0.717) is 0 Å². The smallest absolute Gasteiger partial charge is 0.0117 e. The first-order valence-electron chi connectivity index (χ1n) is 5.28. The van der Waals surface area contributed by atoms with Crippen LogP contribution in [-0.4, -0.2) is 0 Å². The average Bonchev–Trinajstić information content (AvgIpc) is 2.59. The van der Waals surface area contributed by atoms with Crippen LogP contribution >= 0.6 is 0 Å². The number of hydrogen-bond donors (Lipinski definition) is 0. The minimum absolute atomic E-state index is 1.23. The molecule has 0 radical (unpaired) electrons. The second-order valence-corrected chi connectivity index (χ2v) is 4.32. The number of rotatable bonds is 0. The highest BCUT2D eigenvalue weighted by atomic mass is 14.2. The van der Waals surface area contributed by atoms with Gasteiger partial charge in [-0.25, -0.2) is 0 Å². The fourth-order valence-corrected chi connectivity index (χ4v) is 2.62. The highest BCUT2D eigenvalue weighted by Crippen LogP contribution is 2.33. The summed E-state index contributed by atoms with van der Waals surface area (Å²) in [4.78, 5) is 0. The molecular weight excluding hydrogens is 168 g/mol. The van der Waals surface area contributed by atoms with Gasteiger partial charge in [0.05, 0.1) is 0 Å². The Kier molecular flexibility index (Phi) is 1.49. The van der Waals surface area contributed by atoms with Gasteiger partial charge in [-0.05, 0) is 59.7 Å². The quantitative estimate of drug-likeness (QED) is 0.584. The lowest BCUT2D eigenvalue weighted by Crippen LogP contribution is -1.87. The lowest BCUT2D eigenvalue weighted by atomic mass is 9.97. The zero-order valence-corrected chi connectivity index (χ0v) is 8.72. The molecule has 0 amide bonds. The van der Waals surface area contributed by atoms with Crippen molar-refractivity contribution in [3.8, 4) is 0 Å². The zero-order valence-electron chi connectivity index (χ0n) is 8.72. The normalized spacial score (nSPS) is 13.9. The largest absolute Gasteiger partial charge is 0.0613 e. The molecule has 0 atom stereocenters. The Labute approximate surface area is 84.6 Å². The maximum atomic E-state index is 2.37. The maximum absolute atomic E-state index is 2.37. The maximum Gasteiger partial charge on any atom is -0.0117 e. The molecule has 0 saturated heterocycles. The molecule has 0 bridgehead atoms. The first kappa shape index (κ1) is 8.05. The van der Waals surface area contributed by atoms with Crippen LogP contribution < -0.4 is 0 Å². The minimum Gasteiger partial charge on any atom is -0.0613 e. The van der Waals surface area contributed by atoms with Crippen molar-refractivity contribution < 1.29 is 0 Å². The summed E-state index contributed by atoms with van der Waals surface area (Å²) in [6.45, 7) is 4.45. The SMILES string of the molecule is Cc1cc2c3c(cccc3c1C)CC2. The topological polar surface area (TPSA) is 0 Å². The van der Waals surface area contributed by atoms with Crippen LogP contribution in [0.2, 0.25) is 0 Å². The summed E-state index contributed by atoms with van der Waals surface area (Å²) in [5.74, 6) is 0. The summed E-state index contributed by atoms with van der Waals surface area (Å²) in [6.07, 6.45) is 2.46. The van der Waals surface area contributed by atoms with Crippen LogP contribution in [0, 0.1) is 13.8 Å². The zero-order chi connectivity index (χ0) is 9.71. The Morgan fingerprint density at radius 3 is 2.64 bits per heavy atom. The van der Waals surface area contributed by atoms with E-state index in [1.165, 1.54) is 34.7 Å². The summed E-state index contributed by atoms with van der Waals surface area (Å²) in [5, 5.41) is 3.01. The third-order valence-corrected chi connectivity index (χ3v) is 3.52. The van der Waals surface area contributed by atoms with Crippen molar-refractivity contribution in [3.05, 3.63) is 46.5 Å². The van der Waals surface area contributed by atoms with Crippen molar-refractivity contribution in [1.82, 2.24) is 0 Å². The molecule has 0 unspecified atom stereocenters. The summed E-state index contributed by atoms with van der Waals surface area (Å²) in [7, 11) is 0. The Morgan fingerprint density at radius 2 is 1.79 bits per heavy atom. The van der Waals surface area contributed by atoms with E-state index in [4.69, 9.17) is 0 Å². The second kappa shape index (κ2) is 2.60. The minimum atomic E-state index is 1.23. The van der Waals surface area contributed by atoms with Gasteiger partial charge in [0.2, 0.25) is 0 Å². The molecule has 0 heteroatoms. The molecule has 0 heterocycles. The number of aryl methyl sites for hydroxylation is 4. The van der Waals surface area contributed by atoms with E-state index in [-0.39, 0.29) is 0 Å². The molecule has 1 aliphatic rings. The van der Waals surface area contributed by atoms with E-state index in [0.717, 1.165) is 0 Å². The lowest BCUT2D eigenvalue weighted by molar-refractivity contribution is 1.02. The van der Waals surface area contributed by atoms with Gasteiger partial charge in [0.1, 0.15) is 0 Å². The Balaban J connectivity index is 2.57. The Hall–Kier alpha value is -1.30. The molecule has 14 heavy (non-hydrogen) atoms. The number of benzene rings is 2. The fourth-order valence-electron chi connectivity index (χ4n) is 2.62. The molecule has 2 aromatic rings. The fraction of sp³-hybridized carbons (Fsp3) is 0.286. The van der Waals surface area contributed by atoms with Gasteiger partial charge >= 0.3 is 0 Å². The van der Waals surface area contributed by atoms with Gasteiger partial charge < -0.3 is 0 Å². The standard InChI is InChI=1S/C14H14/c1-9-8-12-7-6-11-4-3-5-13(10(9)2)14(11)12/h3-5,8H,6-7H2,1-2H3. The third-order valence-electron chi connectivity index (χ3n) is 3.52. The molecular formula is C14H14. The summed E-state index contributed by atoms with van der Waals surface area (Å²) < 4.78 is 0. The molecule has 0 spiro atoms. The third kappa shape index (κ3) is 0.886. The van der Waals surface area contributed by atoms with Gasteiger partial charge in [-0.15, -0.1) is 0 Å². The molecule has 0 aromatic heterocycles. The molecule has 0 fully saturated rings. The van der Waals surface area contributed by atoms with Crippen molar-refractivity contribution in [2.24, 2.45) is 0 Å². The molecule has 70 valence electrons. The monoisotopic (exact) mass is 182 g/mol. The predicted molar refractivity (Wildman–Crippen MR) is 60.8 cm³/mol. The van der Waals surface area contributed by atoms with Crippen LogP contribution in [0.1, 0.15) is 22.3 Å². The van der Waals surface area contributed by atoms with Gasteiger partial charge in [0, 0.05) is 0 Å². The molecule has 2 aromatic carbocycles. The van der Waals surface area contributed by atoms with Gasteiger partial charge in [-0.2, -0.15) is 0 Å². The molecule has 0 aliphatic heterocycles. The predicted octanol–water partition coefficient (Wildman–Crippen LogP) is 3.56. The Bertz CT molecular complexity index is 521. The van der Waals surface area contributed by atoms with E-state index in [2.05, 4.69) is 38.1 Å². The van der Waals surface area contributed by atoms with E-state index in [9.17, 15) is 0 Å². The van der Waals surface area contributed by atoms with Crippen molar-refractivity contribution in [1.29, 1.82) is 0 Å². The van der Waals surface area contributed by atoms with Gasteiger partial charge in [0.25, 0.3) is 0 Å². The van der Waals surface area contributed by atoms with Crippen molar-refractivity contribution in [3.63, 3.8) is 0 Å².